The number of ether oxygens (including phenoxy) is 1. The van der Waals surface area contributed by atoms with Gasteiger partial charge in [0, 0.05) is 24.0 Å². The van der Waals surface area contributed by atoms with Crippen molar-refractivity contribution in [1.82, 2.24) is 4.57 Å². The predicted molar refractivity (Wildman–Crippen MR) is 110 cm³/mol. The van der Waals surface area contributed by atoms with Gasteiger partial charge in [0.2, 0.25) is 5.91 Å². The second kappa shape index (κ2) is 7.99. The third-order valence-electron chi connectivity index (χ3n) is 5.61. The molecule has 3 N–H and O–H groups in total. The summed E-state index contributed by atoms with van der Waals surface area (Å²) in [7, 11) is 0. The fourth-order valence-corrected chi connectivity index (χ4v) is 4.43. The van der Waals surface area contributed by atoms with Gasteiger partial charge in [0.15, 0.2) is 6.61 Å². The fraction of sp³-hybridized carbons (Fsp3) is 0.304. The van der Waals surface area contributed by atoms with E-state index in [2.05, 4.69) is 22.8 Å². The van der Waals surface area contributed by atoms with Crippen LogP contribution >= 0.6 is 0 Å². The normalized spacial score (nSPS) is 15.4. The Hall–Kier alpha value is -3.28. The summed E-state index contributed by atoms with van der Waals surface area (Å²) in [5, 5.41) is 10.0. The molecule has 1 aromatic heterocycles. The SMILES string of the molecule is NC(=O)CCC1CCc2c1c1c(OCC(=O)O)cccc1n2Cc1ccccc1. The second-order valence-corrected chi connectivity index (χ2v) is 7.51. The number of hydrogen-bond acceptors (Lipinski definition) is 3. The quantitative estimate of drug-likeness (QED) is 0.614. The van der Waals surface area contributed by atoms with Gasteiger partial charge < -0.3 is 20.1 Å². The molecule has 1 aliphatic carbocycles. The van der Waals surface area contributed by atoms with Crippen molar-refractivity contribution in [3.05, 3.63) is 65.4 Å². The third-order valence-corrected chi connectivity index (χ3v) is 5.61. The summed E-state index contributed by atoms with van der Waals surface area (Å²) in [5.41, 5.74) is 10.0. The number of rotatable bonds is 8. The first kappa shape index (κ1) is 19.1. The molecule has 0 saturated heterocycles. The molecule has 4 rings (SSSR count). The number of fused-ring (bicyclic) bond motifs is 3. The molecule has 0 bridgehead atoms. The summed E-state index contributed by atoms with van der Waals surface area (Å²) in [4.78, 5) is 22.4. The van der Waals surface area contributed by atoms with Crippen LogP contribution in [0.15, 0.2) is 48.5 Å². The average Bonchev–Trinajstić information content (AvgIpc) is 3.25. The van der Waals surface area contributed by atoms with Crippen molar-refractivity contribution in [3.8, 4) is 5.75 Å². The number of carbonyl (C=O) groups is 2. The summed E-state index contributed by atoms with van der Waals surface area (Å²) in [5.74, 6) is -0.507. The van der Waals surface area contributed by atoms with Crippen molar-refractivity contribution < 1.29 is 19.4 Å². The standard InChI is InChI=1S/C23H24N2O4/c24-20(26)12-10-16-9-11-18-22(16)23-17(7-4-8-19(23)29-14-21(27)28)25(18)13-15-5-2-1-3-6-15/h1-8,16H,9-14H2,(H2,24,26)(H,27,28). The maximum absolute atomic E-state index is 11.3. The Morgan fingerprint density at radius 2 is 1.93 bits per heavy atom. The van der Waals surface area contributed by atoms with Crippen LogP contribution in [0.4, 0.5) is 0 Å². The van der Waals surface area contributed by atoms with E-state index in [-0.39, 0.29) is 18.4 Å². The number of carboxylic acids is 1. The van der Waals surface area contributed by atoms with Crippen molar-refractivity contribution in [1.29, 1.82) is 0 Å². The van der Waals surface area contributed by atoms with Crippen LogP contribution in [0.2, 0.25) is 0 Å². The van der Waals surface area contributed by atoms with Crippen molar-refractivity contribution in [3.63, 3.8) is 0 Å². The fourth-order valence-electron chi connectivity index (χ4n) is 4.43. The largest absolute Gasteiger partial charge is 0.481 e. The average molecular weight is 392 g/mol. The molecule has 3 aromatic rings. The zero-order valence-electron chi connectivity index (χ0n) is 16.1. The van der Waals surface area contributed by atoms with E-state index in [1.807, 2.05) is 30.3 Å². The van der Waals surface area contributed by atoms with Gasteiger partial charge in [0.25, 0.3) is 0 Å². The van der Waals surface area contributed by atoms with Crippen LogP contribution in [0.5, 0.6) is 5.75 Å². The van der Waals surface area contributed by atoms with E-state index >= 15 is 0 Å². The number of aromatic nitrogens is 1. The highest BCUT2D eigenvalue weighted by molar-refractivity contribution is 5.93. The topological polar surface area (TPSA) is 94.6 Å². The Kier molecular flexibility index (Phi) is 5.25. The van der Waals surface area contributed by atoms with E-state index in [1.165, 1.54) is 16.8 Å². The van der Waals surface area contributed by atoms with E-state index in [0.29, 0.717) is 18.6 Å². The van der Waals surface area contributed by atoms with Crippen LogP contribution < -0.4 is 10.5 Å². The van der Waals surface area contributed by atoms with Gasteiger partial charge in [0.1, 0.15) is 5.75 Å². The number of amides is 1. The van der Waals surface area contributed by atoms with E-state index in [0.717, 1.165) is 30.3 Å². The summed E-state index contributed by atoms with van der Waals surface area (Å²) in [6, 6.07) is 16.0. The molecule has 6 heteroatoms. The molecule has 2 aromatic carbocycles. The molecule has 1 atom stereocenters. The molecule has 0 fully saturated rings. The zero-order valence-corrected chi connectivity index (χ0v) is 16.1. The molecular weight excluding hydrogens is 368 g/mol. The predicted octanol–water partition coefficient (Wildman–Crippen LogP) is 3.45. The van der Waals surface area contributed by atoms with Crippen LogP contribution in [0, 0.1) is 0 Å². The lowest BCUT2D eigenvalue weighted by Gasteiger charge is -2.13. The Balaban J connectivity index is 1.82. The number of aliphatic carboxylic acids is 1. The van der Waals surface area contributed by atoms with Gasteiger partial charge >= 0.3 is 5.97 Å². The minimum absolute atomic E-state index is 0.214. The number of benzene rings is 2. The Bertz CT molecular complexity index is 1060. The van der Waals surface area contributed by atoms with E-state index in [9.17, 15) is 9.59 Å². The highest BCUT2D eigenvalue weighted by Gasteiger charge is 2.31. The minimum Gasteiger partial charge on any atom is -0.481 e. The number of nitrogens with zero attached hydrogens (tertiary/aromatic N) is 1. The van der Waals surface area contributed by atoms with Crippen molar-refractivity contribution in [2.24, 2.45) is 5.73 Å². The molecule has 0 radical (unpaired) electrons. The number of primary amides is 1. The summed E-state index contributed by atoms with van der Waals surface area (Å²) < 4.78 is 7.94. The van der Waals surface area contributed by atoms with Crippen molar-refractivity contribution >= 4 is 22.8 Å². The van der Waals surface area contributed by atoms with Crippen molar-refractivity contribution in [2.45, 2.75) is 38.1 Å². The van der Waals surface area contributed by atoms with Crippen LogP contribution in [-0.2, 0) is 22.6 Å². The van der Waals surface area contributed by atoms with Crippen molar-refractivity contribution in [2.75, 3.05) is 6.61 Å². The minimum atomic E-state index is -1.01. The molecule has 150 valence electrons. The van der Waals surface area contributed by atoms with Gasteiger partial charge in [-0.05, 0) is 48.4 Å². The zero-order chi connectivity index (χ0) is 20.4. The molecular formula is C23H24N2O4. The summed E-state index contributed by atoms with van der Waals surface area (Å²) in [6.45, 7) is 0.349. The molecule has 0 aliphatic heterocycles. The maximum Gasteiger partial charge on any atom is 0.341 e. The highest BCUT2D eigenvalue weighted by atomic mass is 16.5. The number of carbonyl (C=O) groups excluding carboxylic acids is 1. The molecule has 1 heterocycles. The molecule has 1 amide bonds. The lowest BCUT2D eigenvalue weighted by Crippen LogP contribution is -2.12. The molecule has 1 aliphatic rings. The monoisotopic (exact) mass is 392 g/mol. The molecule has 6 nitrogen and oxygen atoms in total. The van der Waals surface area contributed by atoms with Crippen LogP contribution in [-0.4, -0.2) is 28.2 Å². The lowest BCUT2D eigenvalue weighted by atomic mass is 9.94. The molecule has 29 heavy (non-hydrogen) atoms. The smallest absolute Gasteiger partial charge is 0.341 e. The Labute approximate surface area is 168 Å². The number of nitrogens with two attached hydrogens (primary N) is 1. The first-order valence-electron chi connectivity index (χ1n) is 9.85. The van der Waals surface area contributed by atoms with Crippen LogP contribution in [0.1, 0.15) is 42.0 Å². The first-order valence-corrected chi connectivity index (χ1v) is 9.85. The molecule has 1 unspecified atom stereocenters. The summed E-state index contributed by atoms with van der Waals surface area (Å²) >= 11 is 0. The van der Waals surface area contributed by atoms with Gasteiger partial charge in [-0.3, -0.25) is 4.79 Å². The maximum atomic E-state index is 11.3. The summed E-state index contributed by atoms with van der Waals surface area (Å²) in [6.07, 6.45) is 2.91. The second-order valence-electron chi connectivity index (χ2n) is 7.51. The molecule has 0 spiro atoms. The van der Waals surface area contributed by atoms with Gasteiger partial charge in [-0.2, -0.15) is 0 Å². The van der Waals surface area contributed by atoms with E-state index < -0.39 is 5.97 Å². The Morgan fingerprint density at radius 3 is 2.66 bits per heavy atom. The lowest BCUT2D eigenvalue weighted by molar-refractivity contribution is -0.139. The van der Waals surface area contributed by atoms with Gasteiger partial charge in [-0.1, -0.05) is 36.4 Å². The highest BCUT2D eigenvalue weighted by Crippen LogP contribution is 2.46. The molecule has 0 saturated carbocycles. The number of carboxylic acid groups (broad SMARTS) is 1. The van der Waals surface area contributed by atoms with Gasteiger partial charge in [-0.15, -0.1) is 0 Å². The van der Waals surface area contributed by atoms with E-state index in [1.54, 1.807) is 0 Å². The Morgan fingerprint density at radius 1 is 1.14 bits per heavy atom. The van der Waals surface area contributed by atoms with Gasteiger partial charge in [-0.25, -0.2) is 4.79 Å². The van der Waals surface area contributed by atoms with E-state index in [4.69, 9.17) is 15.6 Å². The van der Waals surface area contributed by atoms with Crippen LogP contribution in [0.3, 0.4) is 0 Å². The third kappa shape index (κ3) is 3.83. The first-order chi connectivity index (χ1) is 14.0. The van der Waals surface area contributed by atoms with Crippen LogP contribution in [0.25, 0.3) is 10.9 Å². The number of hydrogen-bond donors (Lipinski definition) is 2. The van der Waals surface area contributed by atoms with Gasteiger partial charge in [0.05, 0.1) is 5.52 Å².